The average Bonchev–Trinajstić information content (AvgIpc) is 2.44. The highest BCUT2D eigenvalue weighted by Crippen LogP contribution is 2.20. The molecule has 1 rings (SSSR count). The van der Waals surface area contributed by atoms with Gasteiger partial charge in [-0.25, -0.2) is 4.39 Å². The summed E-state index contributed by atoms with van der Waals surface area (Å²) in [6.45, 7) is 5.32. The zero-order chi connectivity index (χ0) is 15.8. The van der Waals surface area contributed by atoms with Crippen LogP contribution in [-0.2, 0) is 11.3 Å². The van der Waals surface area contributed by atoms with Crippen LogP contribution < -0.4 is 11.1 Å². The topological polar surface area (TPSA) is 55.1 Å². The van der Waals surface area contributed by atoms with Crippen molar-refractivity contribution in [3.63, 3.8) is 0 Å². The molecule has 0 saturated carbocycles. The van der Waals surface area contributed by atoms with E-state index in [0.717, 1.165) is 18.4 Å². The number of nitrogens with one attached hydrogen (secondary N) is 1. The van der Waals surface area contributed by atoms with Gasteiger partial charge in [0.25, 0.3) is 0 Å². The molecule has 0 saturated heterocycles. The van der Waals surface area contributed by atoms with Crippen molar-refractivity contribution in [2.45, 2.75) is 39.7 Å². The Morgan fingerprint density at radius 1 is 1.38 bits per heavy atom. The van der Waals surface area contributed by atoms with Crippen molar-refractivity contribution in [1.82, 2.24) is 5.32 Å². The van der Waals surface area contributed by atoms with E-state index in [4.69, 9.17) is 17.3 Å². The number of halogens is 2. The molecule has 1 atom stereocenters. The largest absolute Gasteiger partial charge is 0.352 e. The van der Waals surface area contributed by atoms with Crippen molar-refractivity contribution in [3.8, 4) is 0 Å². The highest BCUT2D eigenvalue weighted by atomic mass is 35.5. The number of benzene rings is 1. The zero-order valence-corrected chi connectivity index (χ0v) is 13.4. The minimum Gasteiger partial charge on any atom is -0.352 e. The van der Waals surface area contributed by atoms with Gasteiger partial charge in [-0.2, -0.15) is 0 Å². The second-order valence-electron chi connectivity index (χ2n) is 5.65. The van der Waals surface area contributed by atoms with E-state index in [1.807, 2.05) is 0 Å². The minimum absolute atomic E-state index is 0.00174. The molecular formula is C16H24ClFN2O. The van der Waals surface area contributed by atoms with Crippen LogP contribution in [0.3, 0.4) is 0 Å². The van der Waals surface area contributed by atoms with E-state index in [2.05, 4.69) is 19.2 Å². The molecule has 0 aliphatic rings. The first-order valence-corrected chi connectivity index (χ1v) is 7.72. The van der Waals surface area contributed by atoms with Crippen LogP contribution in [0.2, 0.25) is 5.02 Å². The second kappa shape index (κ2) is 9.00. The van der Waals surface area contributed by atoms with Gasteiger partial charge >= 0.3 is 0 Å². The van der Waals surface area contributed by atoms with E-state index in [9.17, 15) is 9.18 Å². The van der Waals surface area contributed by atoms with Crippen LogP contribution >= 0.6 is 11.6 Å². The van der Waals surface area contributed by atoms with Crippen LogP contribution in [-0.4, -0.2) is 12.5 Å². The van der Waals surface area contributed by atoms with Crippen LogP contribution in [0.15, 0.2) is 18.2 Å². The van der Waals surface area contributed by atoms with E-state index in [1.165, 1.54) is 12.1 Å². The Kier molecular flexibility index (Phi) is 7.68. The fourth-order valence-corrected chi connectivity index (χ4v) is 2.48. The SMILES string of the molecule is CC(C)C(CCN)CCC(=O)NCc1ccc(F)c(Cl)c1. The third-order valence-electron chi connectivity index (χ3n) is 3.70. The molecule has 0 aromatic heterocycles. The molecule has 0 radical (unpaired) electrons. The number of hydrogen-bond acceptors (Lipinski definition) is 2. The van der Waals surface area contributed by atoms with Gasteiger partial charge in [-0.05, 0) is 48.9 Å². The van der Waals surface area contributed by atoms with Gasteiger partial charge in [-0.3, -0.25) is 4.79 Å². The van der Waals surface area contributed by atoms with Crippen molar-refractivity contribution >= 4 is 17.5 Å². The molecule has 1 aromatic carbocycles. The molecule has 0 heterocycles. The minimum atomic E-state index is -0.451. The molecule has 0 bridgehead atoms. The Morgan fingerprint density at radius 3 is 2.67 bits per heavy atom. The first-order valence-electron chi connectivity index (χ1n) is 7.34. The molecule has 1 unspecified atom stereocenters. The molecular weight excluding hydrogens is 291 g/mol. The van der Waals surface area contributed by atoms with Crippen molar-refractivity contribution in [2.75, 3.05) is 6.54 Å². The molecule has 0 fully saturated rings. The zero-order valence-electron chi connectivity index (χ0n) is 12.7. The Labute approximate surface area is 131 Å². The van der Waals surface area contributed by atoms with Gasteiger partial charge in [0, 0.05) is 13.0 Å². The molecule has 0 spiro atoms. The molecule has 0 aliphatic carbocycles. The quantitative estimate of drug-likeness (QED) is 0.771. The maximum atomic E-state index is 13.0. The Bertz CT molecular complexity index is 466. The highest BCUT2D eigenvalue weighted by Gasteiger charge is 2.14. The van der Waals surface area contributed by atoms with Gasteiger partial charge in [0.15, 0.2) is 0 Å². The maximum absolute atomic E-state index is 13.0. The number of rotatable bonds is 8. The molecule has 1 amide bonds. The third-order valence-corrected chi connectivity index (χ3v) is 3.99. The molecule has 3 N–H and O–H groups in total. The first kappa shape index (κ1) is 17.9. The van der Waals surface area contributed by atoms with E-state index in [1.54, 1.807) is 6.07 Å². The number of amides is 1. The molecule has 3 nitrogen and oxygen atoms in total. The van der Waals surface area contributed by atoms with Crippen LogP contribution in [0, 0.1) is 17.7 Å². The van der Waals surface area contributed by atoms with Gasteiger partial charge in [-0.15, -0.1) is 0 Å². The van der Waals surface area contributed by atoms with Crippen molar-refractivity contribution < 1.29 is 9.18 Å². The summed E-state index contributed by atoms with van der Waals surface area (Å²) in [7, 11) is 0. The number of carbonyl (C=O) groups is 1. The number of nitrogens with two attached hydrogens (primary N) is 1. The van der Waals surface area contributed by atoms with E-state index in [-0.39, 0.29) is 10.9 Å². The summed E-state index contributed by atoms with van der Waals surface area (Å²) in [5, 5.41) is 2.90. The lowest BCUT2D eigenvalue weighted by molar-refractivity contribution is -0.121. The fraction of sp³-hybridized carbons (Fsp3) is 0.562. The summed E-state index contributed by atoms with van der Waals surface area (Å²) >= 11 is 5.70. The lowest BCUT2D eigenvalue weighted by Crippen LogP contribution is -2.24. The standard InChI is InChI=1S/C16H24ClFN2O/c1-11(2)13(7-8-19)4-6-16(21)20-10-12-3-5-15(18)14(17)9-12/h3,5,9,11,13H,4,6-8,10,19H2,1-2H3,(H,20,21). The van der Waals surface area contributed by atoms with Gasteiger partial charge in [-0.1, -0.05) is 31.5 Å². The second-order valence-corrected chi connectivity index (χ2v) is 6.05. The number of carbonyl (C=O) groups excluding carboxylic acids is 1. The molecule has 118 valence electrons. The van der Waals surface area contributed by atoms with Crippen LogP contribution in [0.4, 0.5) is 4.39 Å². The predicted molar refractivity (Wildman–Crippen MR) is 84.5 cm³/mol. The molecule has 21 heavy (non-hydrogen) atoms. The monoisotopic (exact) mass is 314 g/mol. The fourth-order valence-electron chi connectivity index (χ4n) is 2.28. The predicted octanol–water partition coefficient (Wildman–Crippen LogP) is 3.50. The summed E-state index contributed by atoms with van der Waals surface area (Å²) in [6, 6.07) is 4.45. The van der Waals surface area contributed by atoms with E-state index < -0.39 is 5.82 Å². The summed E-state index contributed by atoms with van der Waals surface area (Å²) in [6.07, 6.45) is 2.27. The lowest BCUT2D eigenvalue weighted by atomic mass is 9.88. The Morgan fingerprint density at radius 2 is 2.10 bits per heavy atom. The van der Waals surface area contributed by atoms with Gasteiger partial charge in [0.05, 0.1) is 5.02 Å². The number of hydrogen-bond donors (Lipinski definition) is 2. The van der Waals surface area contributed by atoms with Crippen molar-refractivity contribution in [3.05, 3.63) is 34.6 Å². The Balaban J connectivity index is 2.38. The van der Waals surface area contributed by atoms with Crippen molar-refractivity contribution in [1.29, 1.82) is 0 Å². The summed E-state index contributed by atoms with van der Waals surface area (Å²) in [5.74, 6) is 0.546. The van der Waals surface area contributed by atoms with Crippen LogP contribution in [0.25, 0.3) is 0 Å². The summed E-state index contributed by atoms with van der Waals surface area (Å²) in [5.41, 5.74) is 6.38. The molecule has 5 heteroatoms. The summed E-state index contributed by atoms with van der Waals surface area (Å²) < 4.78 is 13.0. The van der Waals surface area contributed by atoms with Gasteiger partial charge in [0.2, 0.25) is 5.91 Å². The van der Waals surface area contributed by atoms with Gasteiger partial charge in [0.1, 0.15) is 5.82 Å². The molecule has 0 aliphatic heterocycles. The third kappa shape index (κ3) is 6.44. The van der Waals surface area contributed by atoms with Crippen molar-refractivity contribution in [2.24, 2.45) is 17.6 Å². The van der Waals surface area contributed by atoms with Gasteiger partial charge < -0.3 is 11.1 Å². The normalized spacial score (nSPS) is 12.5. The first-order chi connectivity index (χ1) is 9.93. The average molecular weight is 315 g/mol. The molecule has 1 aromatic rings. The summed E-state index contributed by atoms with van der Waals surface area (Å²) in [4.78, 5) is 11.9. The van der Waals surface area contributed by atoms with Crippen LogP contribution in [0.1, 0.15) is 38.7 Å². The Hall–Kier alpha value is -1.13. The van der Waals surface area contributed by atoms with E-state index in [0.29, 0.717) is 31.3 Å². The van der Waals surface area contributed by atoms with Crippen LogP contribution in [0.5, 0.6) is 0 Å². The lowest BCUT2D eigenvalue weighted by Gasteiger charge is -2.19. The van der Waals surface area contributed by atoms with E-state index >= 15 is 0 Å². The maximum Gasteiger partial charge on any atom is 0.220 e. The highest BCUT2D eigenvalue weighted by molar-refractivity contribution is 6.30. The smallest absolute Gasteiger partial charge is 0.220 e.